The van der Waals surface area contributed by atoms with Crippen molar-refractivity contribution in [3.63, 3.8) is 0 Å². The van der Waals surface area contributed by atoms with Gasteiger partial charge in [0.1, 0.15) is 0 Å². The van der Waals surface area contributed by atoms with Crippen LogP contribution in [0.25, 0.3) is 17.7 Å². The van der Waals surface area contributed by atoms with Crippen molar-refractivity contribution in [3.8, 4) is 0 Å². The van der Waals surface area contributed by atoms with E-state index in [1.54, 1.807) is 0 Å². The highest BCUT2D eigenvalue weighted by Gasteiger charge is 2.27. The van der Waals surface area contributed by atoms with Crippen molar-refractivity contribution in [1.29, 1.82) is 0 Å². The molecule has 2 aromatic rings. The van der Waals surface area contributed by atoms with Crippen LogP contribution >= 0.6 is 164 Å². The molecule has 3 aliphatic rings. The normalized spacial score (nSPS) is 17.8. The van der Waals surface area contributed by atoms with Crippen molar-refractivity contribution >= 4 is 182 Å². The fraction of sp³-hybridized carbons (Fsp3) is 0.231. The minimum Gasteiger partial charge on any atom is -0.136 e. The molecule has 0 aromatic carbocycles. The molecular weight excluding hydrogens is 761 g/mol. The minimum absolute atomic E-state index is 1.32. The molecule has 2 aromatic heterocycles. The average molecular weight is 785 g/mol. The van der Waals surface area contributed by atoms with E-state index in [0.29, 0.717) is 0 Å². The van der Waals surface area contributed by atoms with Crippen LogP contribution in [0, 0.1) is 0 Å². The van der Waals surface area contributed by atoms with Gasteiger partial charge in [0.25, 0.3) is 0 Å². The molecule has 212 valence electrons. The van der Waals surface area contributed by atoms with Gasteiger partial charge < -0.3 is 0 Å². The molecule has 0 spiro atoms. The molecule has 0 saturated carbocycles. The number of hydrogen-bond donors (Lipinski definition) is 0. The predicted octanol–water partition coefficient (Wildman–Crippen LogP) is 14.1. The van der Waals surface area contributed by atoms with Gasteiger partial charge in [0.05, 0.1) is 38.1 Å². The van der Waals surface area contributed by atoms with E-state index in [0.717, 1.165) is 0 Å². The lowest BCUT2D eigenvalue weighted by molar-refractivity contribution is 1.79. The van der Waals surface area contributed by atoms with Crippen molar-refractivity contribution in [1.82, 2.24) is 0 Å². The first-order chi connectivity index (χ1) is 19.5. The summed E-state index contributed by atoms with van der Waals surface area (Å²) in [5.74, 6) is 0. The van der Waals surface area contributed by atoms with Gasteiger partial charge in [-0.2, -0.15) is 0 Å². The number of thiophene rings is 2. The standard InChI is InChI=1S/C26H24S14/c1-27-21-22(28-2)36-17(35-21)11-13-7-9-15(33-13)19(20-39-25(31-5)26(32-6)40-20)16-10-8-14(34-16)12-18-37-23(29-3)24(30-4)38-18/h7-12H,1-6H3. The van der Waals surface area contributed by atoms with Crippen LogP contribution in [-0.2, 0) is 0 Å². The monoisotopic (exact) mass is 784 g/mol. The molecule has 0 amide bonds. The Labute approximate surface area is 297 Å². The summed E-state index contributed by atoms with van der Waals surface area (Å²) in [6, 6.07) is 9.27. The molecule has 5 rings (SSSR count). The van der Waals surface area contributed by atoms with Gasteiger partial charge in [0, 0.05) is 25.1 Å². The van der Waals surface area contributed by atoms with Crippen molar-refractivity contribution in [2.75, 3.05) is 37.5 Å². The lowest BCUT2D eigenvalue weighted by Gasteiger charge is -2.07. The second kappa shape index (κ2) is 16.0. The largest absolute Gasteiger partial charge is 0.136 e. The van der Waals surface area contributed by atoms with E-state index < -0.39 is 0 Å². The number of hydrogen-bond acceptors (Lipinski definition) is 14. The fourth-order valence-corrected chi connectivity index (χ4v) is 21.1. The maximum atomic E-state index is 2.37. The third kappa shape index (κ3) is 7.87. The summed E-state index contributed by atoms with van der Waals surface area (Å²) in [6.45, 7) is 0. The third-order valence-electron chi connectivity index (χ3n) is 5.23. The molecule has 0 bridgehead atoms. The van der Waals surface area contributed by atoms with E-state index in [1.807, 2.05) is 164 Å². The Morgan fingerprint density at radius 3 is 1.12 bits per heavy atom. The molecule has 0 radical (unpaired) electrons. The molecule has 5 heterocycles. The van der Waals surface area contributed by atoms with Gasteiger partial charge in [-0.15, -0.1) is 93.2 Å². The van der Waals surface area contributed by atoms with E-state index in [2.05, 4.69) is 74.0 Å². The average Bonchev–Trinajstić information content (AvgIpc) is 3.80. The first-order valence-electron chi connectivity index (χ1n) is 11.4. The van der Waals surface area contributed by atoms with E-state index in [1.165, 1.54) is 63.2 Å². The molecule has 0 N–H and O–H groups in total. The van der Waals surface area contributed by atoms with E-state index in [4.69, 9.17) is 0 Å². The number of thioether (sulfide) groups is 12. The maximum Gasteiger partial charge on any atom is 0.0657 e. The molecule has 0 unspecified atom stereocenters. The Morgan fingerprint density at radius 1 is 0.475 bits per heavy atom. The van der Waals surface area contributed by atoms with Gasteiger partial charge >= 0.3 is 0 Å². The lowest BCUT2D eigenvalue weighted by Crippen LogP contribution is -1.82. The summed E-state index contributed by atoms with van der Waals surface area (Å²) in [5.41, 5.74) is 1.38. The third-order valence-corrected chi connectivity index (χ3v) is 22.7. The summed E-state index contributed by atoms with van der Waals surface area (Å²) in [4.78, 5) is 5.34. The Kier molecular flexibility index (Phi) is 13.4. The SMILES string of the molecule is CSC1=C(SC)SC(=Cc2ccc(C(=C3SC(SC)=C(SC)S3)c3ccc(C=C4SC(SC)=C(SC)S4)s3)s2)S1. The first-order valence-corrected chi connectivity index (χ1v) is 25.3. The van der Waals surface area contributed by atoms with Crippen molar-refractivity contribution in [2.24, 2.45) is 0 Å². The zero-order valence-electron chi connectivity index (χ0n) is 22.2. The van der Waals surface area contributed by atoms with Gasteiger partial charge in [-0.1, -0.05) is 70.6 Å². The van der Waals surface area contributed by atoms with Crippen LogP contribution in [0.15, 0.2) is 62.4 Å². The van der Waals surface area contributed by atoms with Crippen molar-refractivity contribution in [2.45, 2.75) is 0 Å². The van der Waals surface area contributed by atoms with Gasteiger partial charge in [0.2, 0.25) is 0 Å². The second-order valence-corrected chi connectivity index (χ2v) is 23.3. The molecule has 3 aliphatic heterocycles. The van der Waals surface area contributed by atoms with Crippen LogP contribution in [0.5, 0.6) is 0 Å². The van der Waals surface area contributed by atoms with Gasteiger partial charge in [-0.25, -0.2) is 0 Å². The zero-order valence-corrected chi connectivity index (χ0v) is 33.6. The smallest absolute Gasteiger partial charge is 0.0657 e. The number of rotatable bonds is 10. The summed E-state index contributed by atoms with van der Waals surface area (Å²) >= 11 is 26.5. The Hall–Kier alpha value is 2.04. The first kappa shape index (κ1) is 33.4. The highest BCUT2D eigenvalue weighted by Crippen LogP contribution is 2.61. The second-order valence-electron chi connectivity index (χ2n) is 7.56. The quantitative estimate of drug-likeness (QED) is 0.225. The van der Waals surface area contributed by atoms with E-state index in [-0.39, 0.29) is 0 Å². The van der Waals surface area contributed by atoms with E-state index >= 15 is 0 Å². The lowest BCUT2D eigenvalue weighted by atomic mass is 10.2. The predicted molar refractivity (Wildman–Crippen MR) is 218 cm³/mol. The van der Waals surface area contributed by atoms with Crippen LogP contribution < -0.4 is 0 Å². The summed E-state index contributed by atoms with van der Waals surface area (Å²) in [6.07, 6.45) is 17.8. The zero-order chi connectivity index (χ0) is 28.2. The Balaban J connectivity index is 1.46. The molecular formula is C26H24S14. The molecule has 40 heavy (non-hydrogen) atoms. The fourth-order valence-electron chi connectivity index (χ4n) is 3.50. The van der Waals surface area contributed by atoms with Crippen molar-refractivity contribution in [3.05, 3.63) is 81.9 Å². The summed E-state index contributed by atoms with van der Waals surface area (Å²) in [5, 5.41) is 0. The van der Waals surface area contributed by atoms with Crippen LogP contribution in [0.2, 0.25) is 0 Å². The van der Waals surface area contributed by atoms with Crippen molar-refractivity contribution < 1.29 is 0 Å². The molecule has 0 fully saturated rings. The Morgan fingerprint density at radius 2 is 0.800 bits per heavy atom. The molecule has 0 saturated heterocycles. The summed E-state index contributed by atoms with van der Waals surface area (Å²) in [7, 11) is 0. The molecule has 0 aliphatic carbocycles. The maximum absolute atomic E-state index is 2.37. The summed E-state index contributed by atoms with van der Waals surface area (Å²) < 4.78 is 12.7. The molecule has 14 heteroatoms. The van der Waals surface area contributed by atoms with Crippen LogP contribution in [0.1, 0.15) is 19.5 Å². The van der Waals surface area contributed by atoms with Gasteiger partial charge in [0.15, 0.2) is 0 Å². The molecule has 0 nitrogen and oxygen atoms in total. The minimum atomic E-state index is 1.32. The molecule has 0 atom stereocenters. The topological polar surface area (TPSA) is 0 Å². The van der Waals surface area contributed by atoms with Crippen LogP contribution in [0.3, 0.4) is 0 Å². The van der Waals surface area contributed by atoms with Crippen LogP contribution in [0.4, 0.5) is 0 Å². The highest BCUT2D eigenvalue weighted by molar-refractivity contribution is 8.42. The van der Waals surface area contributed by atoms with E-state index in [9.17, 15) is 0 Å². The van der Waals surface area contributed by atoms with Crippen LogP contribution in [-0.4, -0.2) is 37.5 Å². The van der Waals surface area contributed by atoms with Gasteiger partial charge in [-0.3, -0.25) is 0 Å². The Bertz CT molecular complexity index is 1320. The van der Waals surface area contributed by atoms with Gasteiger partial charge in [-0.05, 0) is 74.0 Å². The highest BCUT2D eigenvalue weighted by atomic mass is 32.3.